The van der Waals surface area contributed by atoms with Gasteiger partial charge in [0.1, 0.15) is 0 Å². The van der Waals surface area contributed by atoms with E-state index >= 15 is 0 Å². The maximum absolute atomic E-state index is 12.6. The Morgan fingerprint density at radius 2 is 2.00 bits per heavy atom. The van der Waals surface area contributed by atoms with Crippen LogP contribution in [0.1, 0.15) is 17.5 Å². The molecule has 80 valence electrons. The lowest BCUT2D eigenvalue weighted by atomic mass is 10.0. The van der Waals surface area contributed by atoms with E-state index in [-0.39, 0.29) is 18.4 Å². The largest absolute Gasteiger partial charge is 0.416 e. The second kappa shape index (κ2) is 4.67. The summed E-state index contributed by atoms with van der Waals surface area (Å²) in [5.41, 5.74) is -0.514. The van der Waals surface area contributed by atoms with Crippen LogP contribution in [0.3, 0.4) is 0 Å². The number of benzene rings is 1. The van der Waals surface area contributed by atoms with E-state index in [4.69, 9.17) is 5.26 Å². The van der Waals surface area contributed by atoms with Crippen molar-refractivity contribution in [2.45, 2.75) is 19.0 Å². The molecule has 0 atom stereocenters. The molecule has 0 aromatic heterocycles. The lowest BCUT2D eigenvalue weighted by molar-refractivity contribution is -0.138. The summed E-state index contributed by atoms with van der Waals surface area (Å²) in [7, 11) is 0. The van der Waals surface area contributed by atoms with Crippen LogP contribution in [-0.2, 0) is 12.6 Å². The monoisotopic (exact) mass is 277 g/mol. The highest BCUT2D eigenvalue weighted by atomic mass is 79.9. The number of alkyl halides is 3. The first-order chi connectivity index (χ1) is 6.95. The van der Waals surface area contributed by atoms with Crippen molar-refractivity contribution in [3.05, 3.63) is 33.8 Å². The van der Waals surface area contributed by atoms with Crippen molar-refractivity contribution < 1.29 is 13.2 Å². The summed E-state index contributed by atoms with van der Waals surface area (Å²) in [6.07, 6.45) is -4.15. The van der Waals surface area contributed by atoms with Crippen molar-refractivity contribution in [3.63, 3.8) is 0 Å². The van der Waals surface area contributed by atoms with Crippen molar-refractivity contribution in [2.24, 2.45) is 0 Å². The molecule has 0 unspecified atom stereocenters. The third kappa shape index (κ3) is 3.24. The number of nitrogens with zero attached hydrogens (tertiary/aromatic N) is 1. The molecule has 1 aromatic carbocycles. The fourth-order valence-electron chi connectivity index (χ4n) is 1.22. The Hall–Kier alpha value is -1.02. The summed E-state index contributed by atoms with van der Waals surface area (Å²) in [6.45, 7) is 0. The van der Waals surface area contributed by atoms with E-state index in [0.717, 1.165) is 6.07 Å². The molecule has 0 fully saturated rings. The summed E-state index contributed by atoms with van der Waals surface area (Å²) < 4.78 is 38.0. The van der Waals surface area contributed by atoms with Gasteiger partial charge in [-0.25, -0.2) is 0 Å². The maximum atomic E-state index is 12.6. The summed E-state index contributed by atoms with van der Waals surface area (Å²) in [4.78, 5) is 0. The number of rotatable bonds is 2. The Balaban J connectivity index is 3.10. The van der Waals surface area contributed by atoms with Crippen LogP contribution in [0, 0.1) is 11.3 Å². The van der Waals surface area contributed by atoms with E-state index in [1.54, 1.807) is 6.07 Å². The molecular formula is C10H7BrF3N. The van der Waals surface area contributed by atoms with Gasteiger partial charge in [-0.05, 0) is 24.1 Å². The lowest BCUT2D eigenvalue weighted by Crippen LogP contribution is -2.09. The van der Waals surface area contributed by atoms with Gasteiger partial charge in [0.15, 0.2) is 0 Å². The van der Waals surface area contributed by atoms with Crippen LogP contribution >= 0.6 is 15.9 Å². The number of halogens is 4. The van der Waals surface area contributed by atoms with E-state index in [0.29, 0.717) is 4.47 Å². The highest BCUT2D eigenvalue weighted by molar-refractivity contribution is 9.10. The number of nitriles is 1. The van der Waals surface area contributed by atoms with Gasteiger partial charge in [0, 0.05) is 10.9 Å². The summed E-state index contributed by atoms with van der Waals surface area (Å²) in [6, 6.07) is 5.80. The third-order valence-electron chi connectivity index (χ3n) is 1.88. The Morgan fingerprint density at radius 3 is 2.53 bits per heavy atom. The van der Waals surface area contributed by atoms with E-state index in [9.17, 15) is 13.2 Å². The summed E-state index contributed by atoms with van der Waals surface area (Å²) in [5.74, 6) is 0. The number of hydrogen-bond donors (Lipinski definition) is 0. The molecule has 0 bridgehead atoms. The average molecular weight is 278 g/mol. The van der Waals surface area contributed by atoms with E-state index in [1.807, 2.05) is 6.07 Å². The normalized spacial score (nSPS) is 11.1. The molecular weight excluding hydrogens is 271 g/mol. The zero-order valence-corrected chi connectivity index (χ0v) is 9.19. The van der Waals surface area contributed by atoms with E-state index in [1.165, 1.54) is 6.07 Å². The van der Waals surface area contributed by atoms with Crippen LogP contribution in [0.25, 0.3) is 0 Å². The molecule has 0 saturated heterocycles. The van der Waals surface area contributed by atoms with E-state index in [2.05, 4.69) is 15.9 Å². The fraction of sp³-hybridized carbons (Fsp3) is 0.300. The first-order valence-corrected chi connectivity index (χ1v) is 4.97. The summed E-state index contributed by atoms with van der Waals surface area (Å²) in [5, 5.41) is 8.34. The summed E-state index contributed by atoms with van der Waals surface area (Å²) >= 11 is 2.99. The molecule has 0 aliphatic heterocycles. The van der Waals surface area contributed by atoms with Gasteiger partial charge in [-0.3, -0.25) is 0 Å². The SMILES string of the molecule is N#CCCc1ccc(Br)cc1C(F)(F)F. The Labute approximate surface area is 93.6 Å². The van der Waals surface area contributed by atoms with Crippen molar-refractivity contribution in [1.29, 1.82) is 5.26 Å². The molecule has 0 heterocycles. The van der Waals surface area contributed by atoms with Gasteiger partial charge < -0.3 is 0 Å². The number of aryl methyl sites for hydroxylation is 1. The lowest BCUT2D eigenvalue weighted by Gasteiger charge is -2.12. The molecule has 15 heavy (non-hydrogen) atoms. The van der Waals surface area contributed by atoms with Gasteiger partial charge in [0.25, 0.3) is 0 Å². The molecule has 0 spiro atoms. The van der Waals surface area contributed by atoms with Gasteiger partial charge in [-0.1, -0.05) is 22.0 Å². The Bertz CT molecular complexity index is 393. The van der Waals surface area contributed by atoms with Crippen molar-refractivity contribution in [3.8, 4) is 6.07 Å². The molecule has 0 radical (unpaired) electrons. The third-order valence-corrected chi connectivity index (χ3v) is 2.38. The van der Waals surface area contributed by atoms with Crippen molar-refractivity contribution in [2.75, 3.05) is 0 Å². The van der Waals surface area contributed by atoms with Crippen LogP contribution in [0.15, 0.2) is 22.7 Å². The molecule has 0 aliphatic rings. The highest BCUT2D eigenvalue weighted by Gasteiger charge is 2.33. The molecule has 0 aliphatic carbocycles. The molecule has 5 heteroatoms. The average Bonchev–Trinajstić information content (AvgIpc) is 2.14. The van der Waals surface area contributed by atoms with Crippen LogP contribution in [0.4, 0.5) is 13.2 Å². The van der Waals surface area contributed by atoms with Crippen LogP contribution in [0.2, 0.25) is 0 Å². The smallest absolute Gasteiger partial charge is 0.198 e. The molecule has 0 amide bonds. The predicted molar refractivity (Wildman–Crippen MR) is 53.1 cm³/mol. The predicted octanol–water partition coefficient (Wildman–Crippen LogP) is 3.92. The first kappa shape index (κ1) is 12.1. The highest BCUT2D eigenvalue weighted by Crippen LogP contribution is 2.34. The zero-order valence-electron chi connectivity index (χ0n) is 7.61. The molecule has 0 N–H and O–H groups in total. The van der Waals surface area contributed by atoms with Gasteiger partial charge in [0.05, 0.1) is 11.6 Å². The van der Waals surface area contributed by atoms with Crippen molar-refractivity contribution >= 4 is 15.9 Å². The maximum Gasteiger partial charge on any atom is 0.416 e. The minimum absolute atomic E-state index is 0.0880. The topological polar surface area (TPSA) is 23.8 Å². The zero-order chi connectivity index (χ0) is 11.5. The van der Waals surface area contributed by atoms with E-state index < -0.39 is 11.7 Å². The second-order valence-electron chi connectivity index (χ2n) is 2.96. The second-order valence-corrected chi connectivity index (χ2v) is 3.87. The van der Waals surface area contributed by atoms with Crippen LogP contribution < -0.4 is 0 Å². The molecule has 1 nitrogen and oxygen atoms in total. The fourth-order valence-corrected chi connectivity index (χ4v) is 1.58. The molecule has 1 rings (SSSR count). The van der Waals surface area contributed by atoms with Gasteiger partial charge in [-0.2, -0.15) is 18.4 Å². The minimum Gasteiger partial charge on any atom is -0.198 e. The Kier molecular flexibility index (Phi) is 3.75. The van der Waals surface area contributed by atoms with Gasteiger partial charge >= 0.3 is 6.18 Å². The van der Waals surface area contributed by atoms with Crippen LogP contribution in [-0.4, -0.2) is 0 Å². The quantitative estimate of drug-likeness (QED) is 0.804. The first-order valence-electron chi connectivity index (χ1n) is 4.17. The minimum atomic E-state index is -4.37. The van der Waals surface area contributed by atoms with Gasteiger partial charge in [0.2, 0.25) is 0 Å². The Morgan fingerprint density at radius 1 is 1.33 bits per heavy atom. The number of hydrogen-bond acceptors (Lipinski definition) is 1. The van der Waals surface area contributed by atoms with Gasteiger partial charge in [-0.15, -0.1) is 0 Å². The van der Waals surface area contributed by atoms with Crippen LogP contribution in [0.5, 0.6) is 0 Å². The molecule has 0 saturated carbocycles. The van der Waals surface area contributed by atoms with Crippen molar-refractivity contribution in [1.82, 2.24) is 0 Å². The molecule has 1 aromatic rings. The standard InChI is InChI=1S/C10H7BrF3N/c11-8-4-3-7(2-1-5-15)9(6-8)10(12,13)14/h3-4,6H,1-2H2.